The van der Waals surface area contributed by atoms with Gasteiger partial charge >= 0.3 is 0 Å². The quantitative estimate of drug-likeness (QED) is 0.781. The van der Waals surface area contributed by atoms with Crippen molar-refractivity contribution in [3.63, 3.8) is 0 Å². The SMILES string of the molecule is Nc1ccccc1NC(=O)Cc1ccc(S(=O)(=O)N2CCCCC2)s1. The first-order valence-electron chi connectivity index (χ1n) is 8.20. The molecule has 0 spiro atoms. The lowest BCUT2D eigenvalue weighted by atomic mass is 10.2. The number of nitrogens with zero attached hydrogens (tertiary/aromatic N) is 1. The first-order chi connectivity index (χ1) is 12.0. The van der Waals surface area contributed by atoms with Gasteiger partial charge in [0, 0.05) is 18.0 Å². The summed E-state index contributed by atoms with van der Waals surface area (Å²) < 4.78 is 27.1. The second kappa shape index (κ2) is 7.55. The van der Waals surface area contributed by atoms with Crippen molar-refractivity contribution >= 4 is 38.6 Å². The molecule has 2 heterocycles. The van der Waals surface area contributed by atoms with Crippen LogP contribution in [0.5, 0.6) is 0 Å². The van der Waals surface area contributed by atoms with Crippen molar-refractivity contribution in [3.8, 4) is 0 Å². The van der Waals surface area contributed by atoms with Crippen LogP contribution in [0.1, 0.15) is 24.1 Å². The largest absolute Gasteiger partial charge is 0.397 e. The molecule has 3 rings (SSSR count). The standard InChI is InChI=1S/C17H21N3O3S2/c18-14-6-2-3-7-15(14)19-16(21)12-13-8-9-17(24-13)25(22,23)20-10-4-1-5-11-20/h2-3,6-9H,1,4-5,10-12,18H2,(H,19,21). The summed E-state index contributed by atoms with van der Waals surface area (Å²) in [5.74, 6) is -0.221. The number of hydrogen-bond acceptors (Lipinski definition) is 5. The Kier molecular flexibility index (Phi) is 5.41. The lowest BCUT2D eigenvalue weighted by Gasteiger charge is -2.25. The van der Waals surface area contributed by atoms with Crippen LogP contribution in [0.15, 0.2) is 40.6 Å². The van der Waals surface area contributed by atoms with Crippen LogP contribution in [-0.4, -0.2) is 31.7 Å². The van der Waals surface area contributed by atoms with Crippen LogP contribution in [0.4, 0.5) is 11.4 Å². The van der Waals surface area contributed by atoms with Crippen LogP contribution < -0.4 is 11.1 Å². The first kappa shape index (κ1) is 17.9. The van der Waals surface area contributed by atoms with Gasteiger partial charge in [0.15, 0.2) is 0 Å². The predicted molar refractivity (Wildman–Crippen MR) is 100 cm³/mol. The number of hydrogen-bond donors (Lipinski definition) is 2. The van der Waals surface area contributed by atoms with Gasteiger partial charge in [0.05, 0.1) is 17.8 Å². The van der Waals surface area contributed by atoms with Gasteiger partial charge in [-0.2, -0.15) is 4.31 Å². The molecule has 0 unspecified atom stereocenters. The molecule has 8 heteroatoms. The topological polar surface area (TPSA) is 92.5 Å². The second-order valence-electron chi connectivity index (χ2n) is 6.00. The highest BCUT2D eigenvalue weighted by Crippen LogP contribution is 2.27. The third-order valence-corrected chi connectivity index (χ3v) is 7.57. The fraction of sp³-hybridized carbons (Fsp3) is 0.353. The molecular weight excluding hydrogens is 358 g/mol. The van der Waals surface area contributed by atoms with Crippen molar-refractivity contribution in [2.75, 3.05) is 24.1 Å². The average molecular weight is 380 g/mol. The van der Waals surface area contributed by atoms with Gasteiger partial charge in [-0.3, -0.25) is 4.79 Å². The summed E-state index contributed by atoms with van der Waals surface area (Å²) in [6, 6.07) is 10.3. The molecule has 0 radical (unpaired) electrons. The van der Waals surface area contributed by atoms with E-state index in [0.717, 1.165) is 30.6 Å². The minimum atomic E-state index is -3.44. The average Bonchev–Trinajstić information content (AvgIpc) is 3.07. The van der Waals surface area contributed by atoms with Gasteiger partial charge in [0.2, 0.25) is 5.91 Å². The van der Waals surface area contributed by atoms with Crippen molar-refractivity contribution in [2.45, 2.75) is 29.9 Å². The Morgan fingerprint density at radius 2 is 1.84 bits per heavy atom. The van der Waals surface area contributed by atoms with Crippen molar-refractivity contribution in [2.24, 2.45) is 0 Å². The molecule has 0 bridgehead atoms. The van der Waals surface area contributed by atoms with Crippen molar-refractivity contribution in [1.82, 2.24) is 4.31 Å². The molecule has 3 N–H and O–H groups in total. The molecule has 1 aromatic carbocycles. The Balaban J connectivity index is 1.67. The van der Waals surface area contributed by atoms with Crippen molar-refractivity contribution < 1.29 is 13.2 Å². The van der Waals surface area contributed by atoms with Crippen LogP contribution in [0.3, 0.4) is 0 Å². The van der Waals surface area contributed by atoms with Crippen LogP contribution in [-0.2, 0) is 21.2 Å². The van der Waals surface area contributed by atoms with E-state index < -0.39 is 10.0 Å². The molecular formula is C17H21N3O3S2. The molecule has 1 aromatic heterocycles. The Bertz CT molecular complexity index is 856. The molecule has 0 atom stereocenters. The number of piperidine rings is 1. The Labute approximate surface area is 151 Å². The number of para-hydroxylation sites is 2. The normalized spacial score (nSPS) is 15.8. The van der Waals surface area contributed by atoms with E-state index in [0.29, 0.717) is 33.6 Å². The Hall–Kier alpha value is -1.90. The molecule has 25 heavy (non-hydrogen) atoms. The number of sulfonamides is 1. The number of amides is 1. The molecule has 134 valence electrons. The minimum absolute atomic E-state index is 0.120. The number of rotatable bonds is 5. The number of thiophene rings is 1. The number of anilines is 2. The maximum Gasteiger partial charge on any atom is 0.252 e. The zero-order chi connectivity index (χ0) is 17.9. The van der Waals surface area contributed by atoms with Gasteiger partial charge in [-0.25, -0.2) is 8.42 Å². The maximum absolute atomic E-state index is 12.6. The summed E-state index contributed by atoms with van der Waals surface area (Å²) in [6.07, 6.45) is 3.00. The van der Waals surface area contributed by atoms with E-state index in [-0.39, 0.29) is 12.3 Å². The minimum Gasteiger partial charge on any atom is -0.397 e. The third kappa shape index (κ3) is 4.20. The number of nitrogens with one attached hydrogen (secondary N) is 1. The van der Waals surface area contributed by atoms with E-state index in [4.69, 9.17) is 5.73 Å². The maximum atomic E-state index is 12.6. The number of nitrogen functional groups attached to an aromatic ring is 1. The Morgan fingerprint density at radius 3 is 2.56 bits per heavy atom. The monoisotopic (exact) mass is 379 g/mol. The van der Waals surface area contributed by atoms with Gasteiger partial charge in [0.25, 0.3) is 10.0 Å². The highest BCUT2D eigenvalue weighted by atomic mass is 32.2. The van der Waals surface area contributed by atoms with Crippen LogP contribution in [0.2, 0.25) is 0 Å². The summed E-state index contributed by atoms with van der Waals surface area (Å²) >= 11 is 1.15. The van der Waals surface area contributed by atoms with E-state index >= 15 is 0 Å². The van der Waals surface area contributed by atoms with E-state index in [2.05, 4.69) is 5.32 Å². The smallest absolute Gasteiger partial charge is 0.252 e. The highest BCUT2D eigenvalue weighted by molar-refractivity contribution is 7.91. The molecule has 1 aliphatic rings. The second-order valence-corrected chi connectivity index (χ2v) is 9.33. The molecule has 1 saturated heterocycles. The zero-order valence-corrected chi connectivity index (χ0v) is 15.4. The zero-order valence-electron chi connectivity index (χ0n) is 13.8. The van der Waals surface area contributed by atoms with Gasteiger partial charge in [-0.15, -0.1) is 11.3 Å². The van der Waals surface area contributed by atoms with Crippen LogP contribution in [0, 0.1) is 0 Å². The van der Waals surface area contributed by atoms with E-state index in [1.807, 2.05) is 0 Å². The number of carbonyl (C=O) groups excluding carboxylic acids is 1. The predicted octanol–water partition coefficient (Wildman–Crippen LogP) is 2.69. The molecule has 1 amide bonds. The third-order valence-electron chi connectivity index (χ3n) is 4.12. The van der Waals surface area contributed by atoms with E-state index in [9.17, 15) is 13.2 Å². The Morgan fingerprint density at radius 1 is 1.12 bits per heavy atom. The number of nitrogens with two attached hydrogens (primary N) is 1. The van der Waals surface area contributed by atoms with Crippen molar-refractivity contribution in [1.29, 1.82) is 0 Å². The molecule has 6 nitrogen and oxygen atoms in total. The summed E-state index contributed by atoms with van der Waals surface area (Å²) in [5.41, 5.74) is 6.87. The summed E-state index contributed by atoms with van der Waals surface area (Å²) in [4.78, 5) is 12.9. The number of benzene rings is 1. The molecule has 1 fully saturated rings. The van der Waals surface area contributed by atoms with Gasteiger partial charge < -0.3 is 11.1 Å². The van der Waals surface area contributed by atoms with E-state index in [1.54, 1.807) is 36.4 Å². The fourth-order valence-corrected chi connectivity index (χ4v) is 5.81. The lowest BCUT2D eigenvalue weighted by Crippen LogP contribution is -2.35. The molecule has 2 aromatic rings. The summed E-state index contributed by atoms with van der Waals surface area (Å²) in [7, 11) is -3.44. The molecule has 1 aliphatic heterocycles. The first-order valence-corrected chi connectivity index (χ1v) is 10.5. The fourth-order valence-electron chi connectivity index (χ4n) is 2.79. The number of carbonyl (C=O) groups is 1. The van der Waals surface area contributed by atoms with Crippen LogP contribution >= 0.6 is 11.3 Å². The molecule has 0 saturated carbocycles. The van der Waals surface area contributed by atoms with Crippen molar-refractivity contribution in [3.05, 3.63) is 41.3 Å². The highest BCUT2D eigenvalue weighted by Gasteiger charge is 2.27. The van der Waals surface area contributed by atoms with E-state index in [1.165, 1.54) is 4.31 Å². The lowest BCUT2D eigenvalue weighted by molar-refractivity contribution is -0.115. The van der Waals surface area contributed by atoms with Crippen LogP contribution in [0.25, 0.3) is 0 Å². The van der Waals surface area contributed by atoms with Gasteiger partial charge in [-0.05, 0) is 37.1 Å². The summed E-state index contributed by atoms with van der Waals surface area (Å²) in [6.45, 7) is 1.15. The van der Waals surface area contributed by atoms with Gasteiger partial charge in [-0.1, -0.05) is 18.6 Å². The molecule has 0 aliphatic carbocycles. The van der Waals surface area contributed by atoms with Gasteiger partial charge in [0.1, 0.15) is 4.21 Å². The summed E-state index contributed by atoms with van der Waals surface area (Å²) in [5, 5.41) is 2.75.